The second kappa shape index (κ2) is 9.81. The fourth-order valence-electron chi connectivity index (χ4n) is 4.54. The number of halogens is 2. The van der Waals surface area contributed by atoms with Crippen LogP contribution in [0.3, 0.4) is 0 Å². The number of ether oxygens (including phenoxy) is 3. The first-order valence-corrected chi connectivity index (χ1v) is 11.5. The van der Waals surface area contributed by atoms with Crippen LogP contribution in [0.2, 0.25) is 10.0 Å². The van der Waals surface area contributed by atoms with Gasteiger partial charge in [0.15, 0.2) is 11.5 Å². The van der Waals surface area contributed by atoms with Gasteiger partial charge in [0.05, 0.1) is 43.0 Å². The number of fused-ring (bicyclic) bond motifs is 1. The lowest BCUT2D eigenvalue weighted by Crippen LogP contribution is -2.32. The van der Waals surface area contributed by atoms with Crippen LogP contribution in [0.4, 0.5) is 0 Å². The zero-order chi connectivity index (χ0) is 25.4. The van der Waals surface area contributed by atoms with Crippen molar-refractivity contribution >= 4 is 51.6 Å². The average molecular weight is 519 g/mol. The molecule has 2 heterocycles. The standard InChI is InChI=1S/C25H24Cl2N2O6/c1-12-17(13-7-5-6-8-16(13)28-12)20-18(22(31)25(32)29(20)9-10-33-2)21(30)14-11-15(26)24(35-4)19(27)23(14)34-3/h5-8,11,20,28,30H,9-10H2,1-4H3/b21-18+. The van der Waals surface area contributed by atoms with Gasteiger partial charge in [0.25, 0.3) is 11.7 Å². The Morgan fingerprint density at radius 3 is 2.46 bits per heavy atom. The monoisotopic (exact) mass is 518 g/mol. The predicted octanol–water partition coefficient (Wildman–Crippen LogP) is 4.87. The van der Waals surface area contributed by atoms with Gasteiger partial charge in [0, 0.05) is 35.8 Å². The predicted molar refractivity (Wildman–Crippen MR) is 133 cm³/mol. The zero-order valence-electron chi connectivity index (χ0n) is 19.6. The Morgan fingerprint density at radius 1 is 1.11 bits per heavy atom. The lowest BCUT2D eigenvalue weighted by atomic mass is 9.93. The number of aromatic nitrogens is 1. The van der Waals surface area contributed by atoms with Crippen molar-refractivity contribution in [3.05, 3.63) is 62.8 Å². The number of aliphatic hydroxyl groups is 1. The van der Waals surface area contributed by atoms with Crippen LogP contribution in [-0.4, -0.2) is 61.2 Å². The number of benzene rings is 2. The highest BCUT2D eigenvalue weighted by Crippen LogP contribution is 2.48. The summed E-state index contributed by atoms with van der Waals surface area (Å²) < 4.78 is 15.8. The van der Waals surface area contributed by atoms with E-state index < -0.39 is 23.5 Å². The van der Waals surface area contributed by atoms with E-state index in [1.54, 1.807) is 0 Å². The van der Waals surface area contributed by atoms with Gasteiger partial charge in [-0.05, 0) is 19.1 Å². The number of amides is 1. The molecule has 1 amide bonds. The van der Waals surface area contributed by atoms with E-state index >= 15 is 0 Å². The van der Waals surface area contributed by atoms with Crippen LogP contribution in [0.5, 0.6) is 11.5 Å². The third-order valence-electron chi connectivity index (χ3n) is 6.09. The van der Waals surface area contributed by atoms with Crippen molar-refractivity contribution in [1.82, 2.24) is 9.88 Å². The summed E-state index contributed by atoms with van der Waals surface area (Å²) in [5, 5.41) is 12.5. The summed E-state index contributed by atoms with van der Waals surface area (Å²) in [6, 6.07) is 8.06. The number of carbonyl (C=O) groups is 2. The van der Waals surface area contributed by atoms with Crippen LogP contribution < -0.4 is 9.47 Å². The van der Waals surface area contributed by atoms with Crippen molar-refractivity contribution in [3.8, 4) is 11.5 Å². The van der Waals surface area contributed by atoms with Crippen molar-refractivity contribution < 1.29 is 28.9 Å². The Balaban J connectivity index is 2.03. The molecule has 8 nitrogen and oxygen atoms in total. The number of nitrogens with zero attached hydrogens (tertiary/aromatic N) is 1. The Hall–Kier alpha value is -3.20. The van der Waals surface area contributed by atoms with E-state index in [1.165, 1.54) is 32.3 Å². The Labute approximate surface area is 212 Å². The maximum Gasteiger partial charge on any atom is 0.295 e. The number of methoxy groups -OCH3 is 3. The van der Waals surface area contributed by atoms with E-state index in [0.29, 0.717) is 5.56 Å². The summed E-state index contributed by atoms with van der Waals surface area (Å²) in [4.78, 5) is 31.2. The minimum atomic E-state index is -0.884. The Morgan fingerprint density at radius 2 is 1.80 bits per heavy atom. The molecule has 1 unspecified atom stereocenters. The largest absolute Gasteiger partial charge is 0.507 e. The molecule has 1 aliphatic heterocycles. The van der Waals surface area contributed by atoms with Crippen LogP contribution in [0.25, 0.3) is 16.7 Å². The van der Waals surface area contributed by atoms with Crippen LogP contribution in [0.15, 0.2) is 35.9 Å². The molecule has 184 valence electrons. The molecule has 10 heteroatoms. The highest BCUT2D eigenvalue weighted by molar-refractivity contribution is 6.47. The summed E-state index contributed by atoms with van der Waals surface area (Å²) >= 11 is 12.8. The molecule has 1 aliphatic rings. The van der Waals surface area contributed by atoms with Gasteiger partial charge in [-0.25, -0.2) is 0 Å². The zero-order valence-corrected chi connectivity index (χ0v) is 21.1. The molecule has 2 N–H and O–H groups in total. The number of aliphatic hydroxyl groups excluding tert-OH is 1. The third kappa shape index (κ3) is 4.01. The minimum Gasteiger partial charge on any atom is -0.507 e. The van der Waals surface area contributed by atoms with Crippen LogP contribution in [-0.2, 0) is 14.3 Å². The van der Waals surface area contributed by atoms with Crippen molar-refractivity contribution in [1.29, 1.82) is 0 Å². The summed E-state index contributed by atoms with van der Waals surface area (Å²) in [6.07, 6.45) is 0. The van der Waals surface area contributed by atoms with E-state index in [1.807, 2.05) is 31.2 Å². The van der Waals surface area contributed by atoms with Crippen LogP contribution >= 0.6 is 23.2 Å². The number of H-pyrrole nitrogens is 1. The summed E-state index contributed by atoms with van der Waals surface area (Å²) in [5.74, 6) is -1.82. The number of likely N-dealkylation sites (tertiary alicyclic amines) is 1. The van der Waals surface area contributed by atoms with Gasteiger partial charge >= 0.3 is 0 Å². The molecule has 1 saturated heterocycles. The first-order chi connectivity index (χ1) is 16.8. The lowest BCUT2D eigenvalue weighted by molar-refractivity contribution is -0.140. The fourth-order valence-corrected chi connectivity index (χ4v) is 5.23. The number of hydrogen-bond acceptors (Lipinski definition) is 6. The van der Waals surface area contributed by atoms with E-state index in [-0.39, 0.29) is 45.8 Å². The number of rotatable bonds is 7. The maximum atomic E-state index is 13.3. The number of carbonyl (C=O) groups excluding carboxylic acids is 2. The van der Waals surface area contributed by atoms with Gasteiger partial charge in [-0.3, -0.25) is 9.59 Å². The second-order valence-electron chi connectivity index (χ2n) is 7.98. The van der Waals surface area contributed by atoms with Gasteiger partial charge in [-0.15, -0.1) is 0 Å². The first-order valence-electron chi connectivity index (χ1n) is 10.7. The van der Waals surface area contributed by atoms with E-state index in [4.69, 9.17) is 37.4 Å². The number of aromatic amines is 1. The maximum absolute atomic E-state index is 13.3. The normalized spacial score (nSPS) is 17.4. The highest BCUT2D eigenvalue weighted by Gasteiger charge is 2.47. The van der Waals surface area contributed by atoms with Crippen molar-refractivity contribution in [2.45, 2.75) is 13.0 Å². The fraction of sp³-hybridized carbons (Fsp3) is 0.280. The molecule has 0 bridgehead atoms. The summed E-state index contributed by atoms with van der Waals surface area (Å²) in [5.41, 5.74) is 2.25. The van der Waals surface area contributed by atoms with Crippen LogP contribution in [0.1, 0.15) is 22.9 Å². The molecule has 1 fully saturated rings. The summed E-state index contributed by atoms with van der Waals surface area (Å²) in [6.45, 7) is 2.20. The average Bonchev–Trinajstić information content (AvgIpc) is 3.29. The molecular weight excluding hydrogens is 495 g/mol. The summed E-state index contributed by atoms with van der Waals surface area (Å²) in [7, 11) is 4.27. The molecule has 0 saturated carbocycles. The lowest BCUT2D eigenvalue weighted by Gasteiger charge is -2.25. The first kappa shape index (κ1) is 24.9. The Bertz CT molecular complexity index is 1360. The van der Waals surface area contributed by atoms with Gasteiger partial charge in [-0.1, -0.05) is 41.4 Å². The minimum absolute atomic E-state index is 0.0255. The quantitative estimate of drug-likeness (QED) is 0.263. The molecular formula is C25H24Cl2N2O6. The highest BCUT2D eigenvalue weighted by atomic mass is 35.5. The molecule has 4 rings (SSSR count). The van der Waals surface area contributed by atoms with E-state index in [9.17, 15) is 14.7 Å². The SMILES string of the molecule is COCCN1C(=O)C(=O)/C(=C(/O)c2cc(Cl)c(OC)c(Cl)c2OC)C1c1c(C)[nH]c2ccccc12. The van der Waals surface area contributed by atoms with Crippen molar-refractivity contribution in [2.24, 2.45) is 0 Å². The number of nitrogens with one attached hydrogen (secondary N) is 1. The third-order valence-corrected chi connectivity index (χ3v) is 6.71. The molecule has 0 spiro atoms. The second-order valence-corrected chi connectivity index (χ2v) is 8.77. The van der Waals surface area contributed by atoms with Crippen molar-refractivity contribution in [2.75, 3.05) is 34.5 Å². The smallest absolute Gasteiger partial charge is 0.295 e. The number of ketones is 1. The van der Waals surface area contributed by atoms with Gasteiger partial charge in [-0.2, -0.15) is 0 Å². The molecule has 1 aromatic heterocycles. The number of hydrogen-bond donors (Lipinski definition) is 2. The van der Waals surface area contributed by atoms with E-state index in [2.05, 4.69) is 4.98 Å². The number of aryl methyl sites for hydroxylation is 1. The van der Waals surface area contributed by atoms with Crippen LogP contribution in [0, 0.1) is 6.92 Å². The molecule has 0 radical (unpaired) electrons. The molecule has 1 atom stereocenters. The molecule has 2 aromatic carbocycles. The van der Waals surface area contributed by atoms with Gasteiger partial charge < -0.3 is 29.2 Å². The molecule has 3 aromatic rings. The molecule has 0 aliphatic carbocycles. The number of Topliss-reactive ketones (excluding diaryl/α,β-unsaturated/α-hetero) is 1. The topological polar surface area (TPSA) is 101 Å². The van der Waals surface area contributed by atoms with E-state index in [0.717, 1.165) is 16.6 Å². The Kier molecular flexibility index (Phi) is 6.98. The number of para-hydroxylation sites is 1. The molecule has 35 heavy (non-hydrogen) atoms. The van der Waals surface area contributed by atoms with Crippen molar-refractivity contribution in [3.63, 3.8) is 0 Å². The van der Waals surface area contributed by atoms with Gasteiger partial charge in [0.1, 0.15) is 10.8 Å². The van der Waals surface area contributed by atoms with Gasteiger partial charge in [0.2, 0.25) is 0 Å².